The summed E-state index contributed by atoms with van der Waals surface area (Å²) in [7, 11) is 1.63. The molecule has 2 rings (SSSR count). The number of ether oxygens (including phenoxy) is 2. The number of methoxy groups -OCH3 is 1. The molecule has 0 saturated heterocycles. The van der Waals surface area contributed by atoms with Gasteiger partial charge in [-0.2, -0.15) is 0 Å². The predicted molar refractivity (Wildman–Crippen MR) is 128 cm³/mol. The standard InChI is InChI=1S/C18H20BrNO3S.C3H8.CH2O2/c1-4-5-6-17(24-3)16(22-2)10-15-13-9-12(19)7-8-14(13)20-18(21)11-23-15;1-3-2;2-1-3/h4-10,15H,11H2,1-3H3,(H,20,21);3H2,1-2H3;1H,(H,2,3)/b5-4-,16-10-,17-6+;;/t15-;;/m1../s1. The SMILES string of the molecule is CCC.C\C=C/C=C(SC)\C(=C\[C@H]1OCC(=O)Nc2ccc(Br)cc21)OC.O=CO. The quantitative estimate of drug-likeness (QED) is 0.296. The number of amides is 1. The van der Waals surface area contributed by atoms with E-state index in [0.29, 0.717) is 5.76 Å². The van der Waals surface area contributed by atoms with Crippen LogP contribution < -0.4 is 5.32 Å². The third-order valence-corrected chi connectivity index (χ3v) is 4.68. The molecular formula is C22H30BrNO5S. The lowest BCUT2D eigenvalue weighted by Crippen LogP contribution is -2.15. The molecule has 0 unspecified atom stereocenters. The van der Waals surface area contributed by atoms with Gasteiger partial charge in [0, 0.05) is 20.6 Å². The van der Waals surface area contributed by atoms with Crippen LogP contribution in [0.25, 0.3) is 0 Å². The maximum Gasteiger partial charge on any atom is 0.290 e. The second-order valence-electron chi connectivity index (χ2n) is 5.82. The van der Waals surface area contributed by atoms with Crippen molar-refractivity contribution < 1.29 is 24.2 Å². The molecule has 8 heteroatoms. The number of anilines is 1. The van der Waals surface area contributed by atoms with Crippen LogP contribution in [0.5, 0.6) is 0 Å². The normalized spacial score (nSPS) is 16.2. The summed E-state index contributed by atoms with van der Waals surface area (Å²) in [5, 5.41) is 9.75. The number of carbonyl (C=O) groups is 2. The summed E-state index contributed by atoms with van der Waals surface area (Å²) in [5.41, 5.74) is 1.64. The molecule has 0 radical (unpaired) electrons. The number of allylic oxidation sites excluding steroid dienone is 3. The molecule has 1 atom stereocenters. The van der Waals surface area contributed by atoms with E-state index in [4.69, 9.17) is 19.4 Å². The van der Waals surface area contributed by atoms with Gasteiger partial charge in [0.05, 0.1) is 7.11 Å². The van der Waals surface area contributed by atoms with Crippen molar-refractivity contribution in [1.29, 1.82) is 0 Å². The lowest BCUT2D eigenvalue weighted by molar-refractivity contribution is -0.123. The minimum absolute atomic E-state index is 0.00234. The van der Waals surface area contributed by atoms with Gasteiger partial charge in [-0.25, -0.2) is 0 Å². The Kier molecular flexibility index (Phi) is 15.6. The Balaban J connectivity index is 0.00000125. The molecule has 1 aliphatic rings. The fourth-order valence-electron chi connectivity index (χ4n) is 2.28. The molecule has 1 heterocycles. The van der Waals surface area contributed by atoms with Crippen molar-refractivity contribution in [3.8, 4) is 0 Å². The molecule has 6 nitrogen and oxygen atoms in total. The van der Waals surface area contributed by atoms with Crippen LogP contribution >= 0.6 is 27.7 Å². The van der Waals surface area contributed by atoms with Crippen LogP contribution in [-0.4, -0.2) is 37.5 Å². The molecule has 0 aliphatic carbocycles. The van der Waals surface area contributed by atoms with Gasteiger partial charge in [-0.3, -0.25) is 9.59 Å². The van der Waals surface area contributed by atoms with Gasteiger partial charge in [-0.1, -0.05) is 48.4 Å². The predicted octanol–water partition coefficient (Wildman–Crippen LogP) is 5.93. The number of benzene rings is 1. The van der Waals surface area contributed by atoms with Gasteiger partial charge in [0.2, 0.25) is 5.91 Å². The number of hydrogen-bond donors (Lipinski definition) is 2. The zero-order valence-corrected chi connectivity index (χ0v) is 20.4. The first-order valence-corrected chi connectivity index (χ1v) is 11.4. The van der Waals surface area contributed by atoms with Crippen LogP contribution in [0.4, 0.5) is 5.69 Å². The zero-order valence-electron chi connectivity index (χ0n) is 18.0. The minimum Gasteiger partial charge on any atom is -0.496 e. The summed E-state index contributed by atoms with van der Waals surface area (Å²) in [4.78, 5) is 21.2. The zero-order chi connectivity index (χ0) is 22.9. The first-order chi connectivity index (χ1) is 14.4. The topological polar surface area (TPSA) is 84.9 Å². The molecule has 30 heavy (non-hydrogen) atoms. The van der Waals surface area contributed by atoms with Crippen LogP contribution in [0.2, 0.25) is 0 Å². The van der Waals surface area contributed by atoms with Crippen molar-refractivity contribution in [3.05, 3.63) is 63.2 Å². The van der Waals surface area contributed by atoms with Gasteiger partial charge in [0.15, 0.2) is 0 Å². The van der Waals surface area contributed by atoms with Crippen LogP contribution in [0, 0.1) is 0 Å². The molecule has 1 aromatic carbocycles. The fraction of sp³-hybridized carbons (Fsp3) is 0.364. The average molecular weight is 500 g/mol. The Bertz CT molecular complexity index is 762. The van der Waals surface area contributed by atoms with Crippen LogP contribution in [-0.2, 0) is 19.1 Å². The lowest BCUT2D eigenvalue weighted by atomic mass is 10.1. The highest BCUT2D eigenvalue weighted by Gasteiger charge is 2.22. The maximum atomic E-state index is 11.8. The van der Waals surface area contributed by atoms with Gasteiger partial charge < -0.3 is 19.9 Å². The molecule has 1 aromatic rings. The molecule has 166 valence electrons. The number of thioether (sulfide) groups is 1. The van der Waals surface area contributed by atoms with Crippen molar-refractivity contribution in [1.82, 2.24) is 0 Å². The number of hydrogen-bond acceptors (Lipinski definition) is 5. The van der Waals surface area contributed by atoms with E-state index < -0.39 is 0 Å². The van der Waals surface area contributed by atoms with Gasteiger partial charge in [-0.05, 0) is 43.5 Å². The Morgan fingerprint density at radius 2 is 2.07 bits per heavy atom. The van der Waals surface area contributed by atoms with E-state index in [9.17, 15) is 4.79 Å². The third kappa shape index (κ3) is 10.1. The second-order valence-corrected chi connectivity index (χ2v) is 7.58. The van der Waals surface area contributed by atoms with Gasteiger partial charge in [0.1, 0.15) is 18.5 Å². The molecule has 0 saturated carbocycles. The summed E-state index contributed by atoms with van der Waals surface area (Å²) >= 11 is 5.06. The summed E-state index contributed by atoms with van der Waals surface area (Å²) < 4.78 is 12.3. The molecule has 2 N–H and O–H groups in total. The monoisotopic (exact) mass is 499 g/mol. The highest BCUT2D eigenvalue weighted by atomic mass is 79.9. The molecule has 1 aliphatic heterocycles. The summed E-state index contributed by atoms with van der Waals surface area (Å²) in [6.07, 6.45) is 10.7. The average Bonchev–Trinajstić information content (AvgIpc) is 2.87. The van der Waals surface area contributed by atoms with Crippen LogP contribution in [0.1, 0.15) is 38.9 Å². The number of nitrogens with one attached hydrogen (secondary N) is 1. The Morgan fingerprint density at radius 3 is 2.60 bits per heavy atom. The molecule has 0 bridgehead atoms. The summed E-state index contributed by atoms with van der Waals surface area (Å²) in [6, 6.07) is 5.70. The van der Waals surface area contributed by atoms with Crippen molar-refractivity contribution in [2.75, 3.05) is 25.3 Å². The first-order valence-electron chi connectivity index (χ1n) is 9.34. The van der Waals surface area contributed by atoms with Crippen LogP contribution in [0.3, 0.4) is 0 Å². The van der Waals surface area contributed by atoms with Crippen molar-refractivity contribution in [2.24, 2.45) is 0 Å². The number of carboxylic acid groups (broad SMARTS) is 1. The van der Waals surface area contributed by atoms with E-state index in [-0.39, 0.29) is 25.1 Å². The van der Waals surface area contributed by atoms with Crippen molar-refractivity contribution >= 4 is 45.8 Å². The molecule has 1 amide bonds. The number of rotatable bonds is 5. The number of fused-ring (bicyclic) bond motifs is 1. The van der Waals surface area contributed by atoms with Crippen molar-refractivity contribution in [2.45, 2.75) is 33.3 Å². The number of carbonyl (C=O) groups excluding carboxylic acids is 1. The highest BCUT2D eigenvalue weighted by molar-refractivity contribution is 9.10. The van der Waals surface area contributed by atoms with Gasteiger partial charge in [0.25, 0.3) is 6.47 Å². The fourth-order valence-corrected chi connectivity index (χ4v) is 3.23. The summed E-state index contributed by atoms with van der Waals surface area (Å²) in [6.45, 7) is 5.96. The molecule has 0 spiro atoms. The number of halogens is 1. The van der Waals surface area contributed by atoms with E-state index in [2.05, 4.69) is 35.1 Å². The van der Waals surface area contributed by atoms with Crippen molar-refractivity contribution in [3.63, 3.8) is 0 Å². The van der Waals surface area contributed by atoms with Gasteiger partial charge >= 0.3 is 0 Å². The molecule has 0 aromatic heterocycles. The van der Waals surface area contributed by atoms with E-state index in [1.165, 1.54) is 6.42 Å². The van der Waals surface area contributed by atoms with E-state index in [1.54, 1.807) is 18.9 Å². The third-order valence-electron chi connectivity index (χ3n) is 3.41. The first kappa shape index (κ1) is 28.0. The Labute approximate surface area is 191 Å². The second kappa shape index (κ2) is 16.7. The molecule has 0 fully saturated rings. The Morgan fingerprint density at radius 1 is 1.43 bits per heavy atom. The van der Waals surface area contributed by atoms with E-state index in [0.717, 1.165) is 20.6 Å². The molecular weight excluding hydrogens is 470 g/mol. The highest BCUT2D eigenvalue weighted by Crippen LogP contribution is 2.34. The van der Waals surface area contributed by atoms with E-state index >= 15 is 0 Å². The van der Waals surface area contributed by atoms with E-state index in [1.807, 2.05) is 55.7 Å². The smallest absolute Gasteiger partial charge is 0.290 e. The summed E-state index contributed by atoms with van der Waals surface area (Å²) in [5.74, 6) is 0.550. The minimum atomic E-state index is -0.382. The largest absolute Gasteiger partial charge is 0.496 e. The van der Waals surface area contributed by atoms with Gasteiger partial charge in [-0.15, -0.1) is 11.8 Å². The van der Waals surface area contributed by atoms with Crippen LogP contribution in [0.15, 0.2) is 57.6 Å². The lowest BCUT2D eigenvalue weighted by Gasteiger charge is -2.16. The Hall–Kier alpha value is -2.03. The maximum absolute atomic E-state index is 11.8.